The summed E-state index contributed by atoms with van der Waals surface area (Å²) in [6.45, 7) is 2.04. The van der Waals surface area contributed by atoms with Crippen LogP contribution in [0.25, 0.3) is 5.65 Å². The molecule has 0 aliphatic heterocycles. The van der Waals surface area contributed by atoms with E-state index in [0.29, 0.717) is 5.75 Å². The molecule has 0 unspecified atom stereocenters. The van der Waals surface area contributed by atoms with E-state index in [1.165, 1.54) is 17.3 Å². The summed E-state index contributed by atoms with van der Waals surface area (Å²) < 4.78 is 1.89. The van der Waals surface area contributed by atoms with E-state index in [-0.39, 0.29) is 11.9 Å². The largest absolute Gasteiger partial charge is 0.353 e. The van der Waals surface area contributed by atoms with E-state index >= 15 is 0 Å². The summed E-state index contributed by atoms with van der Waals surface area (Å²) in [5.41, 5.74) is 2.08. The van der Waals surface area contributed by atoms with Crippen LogP contribution < -0.4 is 5.32 Å². The molecule has 0 saturated heterocycles. The van der Waals surface area contributed by atoms with E-state index in [0.717, 1.165) is 23.6 Å². The van der Waals surface area contributed by atoms with Gasteiger partial charge in [-0.25, -0.2) is 0 Å². The third-order valence-electron chi connectivity index (χ3n) is 3.73. The molecular formula is C18H20N4OS. The fraction of sp³-hybridized carbons (Fsp3) is 0.278. The molecule has 1 atom stereocenters. The van der Waals surface area contributed by atoms with Gasteiger partial charge in [0.2, 0.25) is 5.91 Å². The molecule has 0 radical (unpaired) electrons. The lowest BCUT2D eigenvalue weighted by molar-refractivity contribution is -0.119. The van der Waals surface area contributed by atoms with Crippen LogP contribution in [0.4, 0.5) is 0 Å². The monoisotopic (exact) mass is 340 g/mol. The van der Waals surface area contributed by atoms with Gasteiger partial charge in [0, 0.05) is 12.2 Å². The molecule has 24 heavy (non-hydrogen) atoms. The van der Waals surface area contributed by atoms with Crippen LogP contribution in [0.5, 0.6) is 0 Å². The number of amides is 1. The number of fused-ring (bicyclic) bond motifs is 1. The lowest BCUT2D eigenvalue weighted by Crippen LogP contribution is -2.34. The van der Waals surface area contributed by atoms with Crippen molar-refractivity contribution < 1.29 is 4.79 Å². The molecule has 124 valence electrons. The predicted octanol–water partition coefficient (Wildman–Crippen LogP) is 2.96. The Labute approximate surface area is 145 Å². The first-order valence-corrected chi connectivity index (χ1v) is 8.97. The van der Waals surface area contributed by atoms with Gasteiger partial charge in [-0.1, -0.05) is 48.2 Å². The maximum absolute atomic E-state index is 12.1. The highest BCUT2D eigenvalue weighted by molar-refractivity contribution is 7.99. The molecule has 5 nitrogen and oxygen atoms in total. The summed E-state index contributed by atoms with van der Waals surface area (Å²) >= 11 is 1.40. The number of hydrogen-bond donors (Lipinski definition) is 1. The number of aryl methyl sites for hydroxylation is 1. The molecule has 3 rings (SSSR count). The van der Waals surface area contributed by atoms with Crippen molar-refractivity contribution >= 4 is 23.3 Å². The third kappa shape index (κ3) is 4.35. The van der Waals surface area contributed by atoms with E-state index in [9.17, 15) is 4.79 Å². The van der Waals surface area contributed by atoms with Gasteiger partial charge in [0.1, 0.15) is 0 Å². The maximum Gasteiger partial charge on any atom is 0.230 e. The molecule has 0 spiro atoms. The van der Waals surface area contributed by atoms with Gasteiger partial charge in [0.05, 0.1) is 5.75 Å². The first kappa shape index (κ1) is 16.5. The minimum Gasteiger partial charge on any atom is -0.353 e. The molecule has 0 fully saturated rings. The Kier molecular flexibility index (Phi) is 5.48. The van der Waals surface area contributed by atoms with Gasteiger partial charge in [0.25, 0.3) is 0 Å². The topological polar surface area (TPSA) is 59.3 Å². The number of benzene rings is 1. The Morgan fingerprint density at radius 3 is 2.79 bits per heavy atom. The van der Waals surface area contributed by atoms with Gasteiger partial charge in [-0.15, -0.1) is 10.2 Å². The van der Waals surface area contributed by atoms with Gasteiger partial charge in [-0.3, -0.25) is 9.20 Å². The number of rotatable bonds is 7. The number of carbonyl (C=O) groups is 1. The van der Waals surface area contributed by atoms with Crippen molar-refractivity contribution in [2.45, 2.75) is 31.0 Å². The van der Waals surface area contributed by atoms with Crippen LogP contribution in [0.2, 0.25) is 0 Å². The van der Waals surface area contributed by atoms with E-state index in [2.05, 4.69) is 27.6 Å². The van der Waals surface area contributed by atoms with Gasteiger partial charge < -0.3 is 5.32 Å². The van der Waals surface area contributed by atoms with Crippen LogP contribution in [-0.2, 0) is 11.2 Å². The summed E-state index contributed by atoms with van der Waals surface area (Å²) in [6.07, 6.45) is 3.79. The zero-order valence-electron chi connectivity index (χ0n) is 13.6. The van der Waals surface area contributed by atoms with E-state index in [4.69, 9.17) is 0 Å². The molecule has 0 aliphatic rings. The van der Waals surface area contributed by atoms with Crippen molar-refractivity contribution in [3.05, 3.63) is 60.3 Å². The van der Waals surface area contributed by atoms with Crippen LogP contribution >= 0.6 is 11.8 Å². The smallest absolute Gasteiger partial charge is 0.230 e. The lowest BCUT2D eigenvalue weighted by atomic mass is 10.1. The van der Waals surface area contributed by atoms with Crippen molar-refractivity contribution in [1.29, 1.82) is 0 Å². The second-order valence-electron chi connectivity index (χ2n) is 5.69. The molecule has 1 N–H and O–H groups in total. The molecule has 2 heterocycles. The number of nitrogens with zero attached hydrogens (tertiary/aromatic N) is 3. The number of hydrogen-bond acceptors (Lipinski definition) is 4. The fourth-order valence-corrected chi connectivity index (χ4v) is 3.20. The quantitative estimate of drug-likeness (QED) is 0.672. The normalized spacial score (nSPS) is 12.2. The van der Waals surface area contributed by atoms with Crippen molar-refractivity contribution in [2.24, 2.45) is 0 Å². The Balaban J connectivity index is 1.45. The second-order valence-corrected chi connectivity index (χ2v) is 6.64. The Hall–Kier alpha value is -2.34. The summed E-state index contributed by atoms with van der Waals surface area (Å²) in [7, 11) is 0. The van der Waals surface area contributed by atoms with Crippen molar-refractivity contribution in [1.82, 2.24) is 19.9 Å². The fourth-order valence-electron chi connectivity index (χ4n) is 2.46. The molecule has 0 aliphatic carbocycles. The lowest BCUT2D eigenvalue weighted by Gasteiger charge is -2.13. The molecule has 6 heteroatoms. The van der Waals surface area contributed by atoms with Crippen molar-refractivity contribution in [3.63, 3.8) is 0 Å². The molecule has 0 bridgehead atoms. The highest BCUT2D eigenvalue weighted by Crippen LogP contribution is 2.16. The molecule has 0 saturated carbocycles. The SMILES string of the molecule is C[C@H](CCc1ccccc1)NC(=O)CSc1nnc2ccccn12. The molecule has 2 aromatic heterocycles. The standard InChI is InChI=1S/C18H20N4OS/c1-14(10-11-15-7-3-2-4-8-15)19-17(23)13-24-18-21-20-16-9-5-6-12-22(16)18/h2-9,12,14H,10-11,13H2,1H3,(H,19,23)/t14-/m1/s1. The van der Waals surface area contributed by atoms with Crippen molar-refractivity contribution in [3.8, 4) is 0 Å². The minimum absolute atomic E-state index is 0.0215. The average molecular weight is 340 g/mol. The Morgan fingerprint density at radius 1 is 1.17 bits per heavy atom. The van der Waals surface area contributed by atoms with Gasteiger partial charge in [0.15, 0.2) is 10.8 Å². The zero-order valence-corrected chi connectivity index (χ0v) is 14.4. The summed E-state index contributed by atoms with van der Waals surface area (Å²) in [5, 5.41) is 12.0. The van der Waals surface area contributed by atoms with E-state index in [1.807, 2.05) is 53.9 Å². The minimum atomic E-state index is 0.0215. The number of thioether (sulfide) groups is 1. The highest BCUT2D eigenvalue weighted by Gasteiger charge is 2.11. The third-order valence-corrected chi connectivity index (χ3v) is 4.67. The molecular weight excluding hydrogens is 320 g/mol. The van der Waals surface area contributed by atoms with Crippen molar-refractivity contribution in [2.75, 3.05) is 5.75 Å². The predicted molar refractivity (Wildman–Crippen MR) is 96.1 cm³/mol. The summed E-state index contributed by atoms with van der Waals surface area (Å²) in [5.74, 6) is 0.360. The molecule has 3 aromatic rings. The number of pyridine rings is 1. The maximum atomic E-state index is 12.1. The summed E-state index contributed by atoms with van der Waals surface area (Å²) in [6, 6.07) is 16.2. The van der Waals surface area contributed by atoms with Gasteiger partial charge in [-0.2, -0.15) is 0 Å². The van der Waals surface area contributed by atoms with Crippen LogP contribution in [0, 0.1) is 0 Å². The highest BCUT2D eigenvalue weighted by atomic mass is 32.2. The first-order valence-electron chi connectivity index (χ1n) is 7.98. The number of carbonyl (C=O) groups excluding carboxylic acids is 1. The first-order chi connectivity index (χ1) is 11.7. The van der Waals surface area contributed by atoms with E-state index in [1.54, 1.807) is 0 Å². The molecule has 1 aromatic carbocycles. The van der Waals surface area contributed by atoms with Crippen LogP contribution in [-0.4, -0.2) is 32.3 Å². The van der Waals surface area contributed by atoms with E-state index < -0.39 is 0 Å². The average Bonchev–Trinajstić information content (AvgIpc) is 3.02. The Bertz CT molecular complexity index is 803. The number of nitrogens with one attached hydrogen (secondary N) is 1. The second kappa shape index (κ2) is 7.97. The molecule has 1 amide bonds. The van der Waals surface area contributed by atoms with Gasteiger partial charge >= 0.3 is 0 Å². The summed E-state index contributed by atoms with van der Waals surface area (Å²) in [4.78, 5) is 12.1. The van der Waals surface area contributed by atoms with Gasteiger partial charge in [-0.05, 0) is 37.5 Å². The van der Waals surface area contributed by atoms with Crippen LogP contribution in [0.1, 0.15) is 18.9 Å². The Morgan fingerprint density at radius 2 is 1.96 bits per heavy atom. The number of aromatic nitrogens is 3. The van der Waals surface area contributed by atoms with Crippen LogP contribution in [0.15, 0.2) is 59.9 Å². The van der Waals surface area contributed by atoms with Crippen LogP contribution in [0.3, 0.4) is 0 Å². The zero-order chi connectivity index (χ0) is 16.8.